The summed E-state index contributed by atoms with van der Waals surface area (Å²) in [6.45, 7) is 11.8. The molecule has 0 aliphatic heterocycles. The van der Waals surface area contributed by atoms with Crippen LogP contribution in [0, 0.1) is 11.8 Å². The molecule has 2 radical (unpaired) electrons. The number of hydrogen-bond acceptors (Lipinski definition) is 1. The third kappa shape index (κ3) is 6.70. The predicted octanol–water partition coefficient (Wildman–Crippen LogP) is 0.194. The first-order valence-electron chi connectivity index (χ1n) is 6.29. The van der Waals surface area contributed by atoms with Crippen LogP contribution in [-0.2, 0) is 17.1 Å². The zero-order valence-corrected chi connectivity index (χ0v) is 15.0. The molecule has 2 rings (SSSR count). The zero-order valence-electron chi connectivity index (χ0n) is 13.0. The summed E-state index contributed by atoms with van der Waals surface area (Å²) in [6.07, 6.45) is 0. The quantitative estimate of drug-likeness (QED) is 0.568. The van der Waals surface area contributed by atoms with E-state index in [1.807, 2.05) is 0 Å². The summed E-state index contributed by atoms with van der Waals surface area (Å²) in [7, 11) is -0.715. The van der Waals surface area contributed by atoms with Crippen molar-refractivity contribution in [1.29, 1.82) is 5.26 Å². The van der Waals surface area contributed by atoms with Crippen LogP contribution in [0.2, 0.25) is 5.04 Å². The summed E-state index contributed by atoms with van der Waals surface area (Å²) in [4.78, 5) is 0. The summed E-state index contributed by atoms with van der Waals surface area (Å²) in [5.74, 6) is 0. The summed E-state index contributed by atoms with van der Waals surface area (Å²) >= 11 is 0. The van der Waals surface area contributed by atoms with E-state index in [0.29, 0.717) is 5.04 Å². The second kappa shape index (κ2) is 10.9. The Morgan fingerprint density at radius 3 is 1.29 bits per heavy atom. The molecule has 0 aliphatic carbocycles. The van der Waals surface area contributed by atoms with Crippen LogP contribution in [0.4, 0.5) is 0 Å². The summed E-state index contributed by atoms with van der Waals surface area (Å²) < 4.78 is 0. The minimum Gasteiger partial charge on any atom is -0.512 e. The summed E-state index contributed by atoms with van der Waals surface area (Å²) in [5.41, 5.74) is 0. The van der Waals surface area contributed by atoms with Crippen LogP contribution in [0.25, 0.3) is 0 Å². The molecular formula is C17H19CuLiNSi. The van der Waals surface area contributed by atoms with Crippen LogP contribution in [0.5, 0.6) is 0 Å². The molecule has 21 heavy (non-hydrogen) atoms. The first-order valence-corrected chi connectivity index (χ1v) is 7.79. The fourth-order valence-electron chi connectivity index (χ4n) is 2.24. The maximum Gasteiger partial charge on any atom is 1.00 e. The van der Waals surface area contributed by atoms with E-state index in [-0.39, 0.29) is 35.9 Å². The van der Waals surface area contributed by atoms with E-state index in [4.69, 9.17) is 11.8 Å². The second-order valence-electron chi connectivity index (χ2n) is 5.36. The van der Waals surface area contributed by atoms with Gasteiger partial charge in [0.25, 0.3) is 0 Å². The van der Waals surface area contributed by atoms with Crippen molar-refractivity contribution in [2.45, 2.75) is 25.8 Å². The Bertz CT molecular complexity index is 469. The van der Waals surface area contributed by atoms with Crippen molar-refractivity contribution < 1.29 is 35.9 Å². The Morgan fingerprint density at radius 2 is 1.05 bits per heavy atom. The van der Waals surface area contributed by atoms with Crippen LogP contribution in [0.3, 0.4) is 0 Å². The summed E-state index contributed by atoms with van der Waals surface area (Å²) in [6, 6.07) is 21.9. The molecule has 1 nitrogen and oxygen atoms in total. The molecule has 0 heterocycles. The van der Waals surface area contributed by atoms with E-state index in [9.17, 15) is 0 Å². The van der Waals surface area contributed by atoms with E-state index in [0.717, 1.165) is 0 Å². The van der Waals surface area contributed by atoms with Crippen molar-refractivity contribution in [3.63, 3.8) is 0 Å². The van der Waals surface area contributed by atoms with Gasteiger partial charge in [0.05, 0.1) is 0 Å². The van der Waals surface area contributed by atoms with Gasteiger partial charge in [-0.3, -0.25) is 0 Å². The number of benzene rings is 2. The van der Waals surface area contributed by atoms with Crippen molar-refractivity contribution in [1.82, 2.24) is 0 Å². The van der Waals surface area contributed by atoms with Crippen molar-refractivity contribution in [2.75, 3.05) is 0 Å². The maximum absolute atomic E-state index is 6.25. The van der Waals surface area contributed by atoms with Gasteiger partial charge in [-0.1, -0.05) is 91.8 Å². The van der Waals surface area contributed by atoms with E-state index in [1.54, 1.807) is 0 Å². The Balaban J connectivity index is 0. The van der Waals surface area contributed by atoms with Gasteiger partial charge in [0, 0.05) is 17.1 Å². The smallest absolute Gasteiger partial charge is 0.512 e. The monoisotopic (exact) mass is 335 g/mol. The SMILES string of the molecule is CC(C)(C)[Si](c1ccccc1)c1ccccc1.[C-]#N.[Cu].[Li+]. The van der Waals surface area contributed by atoms with Gasteiger partial charge in [-0.2, -0.15) is 0 Å². The number of hydrogen-bond donors (Lipinski definition) is 0. The molecule has 108 valence electrons. The van der Waals surface area contributed by atoms with Crippen molar-refractivity contribution >= 4 is 19.2 Å². The van der Waals surface area contributed by atoms with E-state index < -0.39 is 8.80 Å². The average Bonchev–Trinajstić information content (AvgIpc) is 2.42. The van der Waals surface area contributed by atoms with Crippen LogP contribution < -0.4 is 29.2 Å². The van der Waals surface area contributed by atoms with Gasteiger partial charge in [-0.05, 0) is 5.04 Å². The number of nitrogens with zero attached hydrogens (tertiary/aromatic N) is 1. The molecule has 0 unspecified atom stereocenters. The van der Waals surface area contributed by atoms with E-state index >= 15 is 0 Å². The predicted molar refractivity (Wildman–Crippen MR) is 82.6 cm³/mol. The maximum atomic E-state index is 6.25. The molecule has 2 aromatic rings. The molecule has 0 atom stereocenters. The Kier molecular flexibility index (Phi) is 11.7. The molecule has 0 aromatic heterocycles. The molecule has 0 amide bonds. The molecule has 4 heteroatoms. The van der Waals surface area contributed by atoms with E-state index in [2.05, 4.69) is 81.4 Å². The van der Waals surface area contributed by atoms with Crippen molar-refractivity contribution in [3.8, 4) is 0 Å². The average molecular weight is 336 g/mol. The van der Waals surface area contributed by atoms with Crippen LogP contribution in [0.1, 0.15) is 20.8 Å². The van der Waals surface area contributed by atoms with Crippen LogP contribution in [0.15, 0.2) is 60.7 Å². The number of rotatable bonds is 2. The zero-order chi connectivity index (χ0) is 14.3. The van der Waals surface area contributed by atoms with Gasteiger partial charge < -0.3 is 11.8 Å². The summed E-state index contributed by atoms with van der Waals surface area (Å²) in [5, 5.41) is 9.57. The van der Waals surface area contributed by atoms with Gasteiger partial charge in [0.2, 0.25) is 0 Å². The van der Waals surface area contributed by atoms with Gasteiger partial charge in [0.1, 0.15) is 8.80 Å². The van der Waals surface area contributed by atoms with Crippen LogP contribution >= 0.6 is 0 Å². The molecule has 0 saturated heterocycles. The van der Waals surface area contributed by atoms with Crippen molar-refractivity contribution in [3.05, 3.63) is 67.2 Å². The normalized spacial score (nSPS) is 9.62. The minimum absolute atomic E-state index is 0. The molecule has 0 N–H and O–H groups in total. The van der Waals surface area contributed by atoms with Crippen molar-refractivity contribution in [2.24, 2.45) is 0 Å². The standard InChI is InChI=1S/C16H19Si.CN.Cu.Li/c1-16(2,3)17(14-10-6-4-7-11-14)15-12-8-5-9-13-15;1-2;;/h4-13H,1-3H3;;;/q;-1;;+1. The minimum atomic E-state index is -0.715. The molecule has 0 bridgehead atoms. The first-order chi connectivity index (χ1) is 9.09. The van der Waals surface area contributed by atoms with Gasteiger partial charge in [-0.25, -0.2) is 0 Å². The van der Waals surface area contributed by atoms with Gasteiger partial charge in [-0.15, -0.1) is 0 Å². The third-order valence-corrected chi connectivity index (χ3v) is 6.20. The Labute approximate surface area is 153 Å². The fourth-order valence-corrected chi connectivity index (χ4v) is 5.36. The molecule has 0 fully saturated rings. The Hall–Kier alpha value is -0.736. The molecule has 0 spiro atoms. The first kappa shape index (κ1) is 22.5. The molecule has 0 aliphatic rings. The largest absolute Gasteiger partial charge is 1.00 e. The van der Waals surface area contributed by atoms with Gasteiger partial charge in [0.15, 0.2) is 0 Å². The fraction of sp³-hybridized carbons (Fsp3) is 0.235. The van der Waals surface area contributed by atoms with E-state index in [1.165, 1.54) is 10.4 Å². The molecule has 0 saturated carbocycles. The molecule has 2 aromatic carbocycles. The molecular weight excluding hydrogens is 317 g/mol. The Morgan fingerprint density at radius 1 is 0.762 bits per heavy atom. The second-order valence-corrected chi connectivity index (χ2v) is 8.76. The third-order valence-electron chi connectivity index (χ3n) is 2.87. The van der Waals surface area contributed by atoms with Crippen LogP contribution in [-0.4, -0.2) is 8.80 Å². The van der Waals surface area contributed by atoms with Gasteiger partial charge >= 0.3 is 18.9 Å². The topological polar surface area (TPSA) is 23.8 Å².